The van der Waals surface area contributed by atoms with Crippen LogP contribution in [0, 0.1) is 10.5 Å². The summed E-state index contributed by atoms with van der Waals surface area (Å²) in [5.74, 6) is 0.0462. The van der Waals surface area contributed by atoms with Gasteiger partial charge >= 0.3 is 0 Å². The lowest BCUT2D eigenvalue weighted by Crippen LogP contribution is -2.13. The first-order chi connectivity index (χ1) is 6.13. The van der Waals surface area contributed by atoms with Crippen molar-refractivity contribution < 1.29 is 4.79 Å². The number of carbonyl (C=O) groups excluding carboxylic acids is 1. The molecule has 0 fully saturated rings. The van der Waals surface area contributed by atoms with Crippen LogP contribution in [0.15, 0.2) is 18.2 Å². The molecule has 0 saturated heterocycles. The molecule has 4 heteroatoms. The van der Waals surface area contributed by atoms with Crippen LogP contribution >= 0.6 is 45.2 Å². The third kappa shape index (κ3) is 3.41. The van der Waals surface area contributed by atoms with Crippen molar-refractivity contribution in [1.82, 2.24) is 0 Å². The number of anilines is 1. The van der Waals surface area contributed by atoms with Gasteiger partial charge < -0.3 is 5.32 Å². The minimum Gasteiger partial charge on any atom is -0.325 e. The van der Waals surface area contributed by atoms with E-state index < -0.39 is 0 Å². The number of alkyl halides is 1. The fourth-order valence-electron chi connectivity index (χ4n) is 0.951. The maximum Gasteiger partial charge on any atom is 0.234 e. The third-order valence-electron chi connectivity index (χ3n) is 1.58. The summed E-state index contributed by atoms with van der Waals surface area (Å²) in [4.78, 5) is 11.1. The van der Waals surface area contributed by atoms with Gasteiger partial charge in [-0.3, -0.25) is 4.79 Å². The van der Waals surface area contributed by atoms with Gasteiger partial charge in [-0.05, 0) is 53.3 Å². The molecule has 0 aromatic heterocycles. The molecule has 70 valence electrons. The second-order valence-electron chi connectivity index (χ2n) is 2.64. The maximum absolute atomic E-state index is 11.1. The SMILES string of the molecule is Cc1cc(I)ccc1NC(=O)CI. The highest BCUT2D eigenvalue weighted by Crippen LogP contribution is 2.17. The van der Waals surface area contributed by atoms with E-state index in [1.807, 2.05) is 47.7 Å². The molecule has 0 aliphatic carbocycles. The molecule has 1 aromatic carbocycles. The van der Waals surface area contributed by atoms with Gasteiger partial charge in [0.05, 0.1) is 4.43 Å². The Morgan fingerprint density at radius 3 is 2.77 bits per heavy atom. The average molecular weight is 401 g/mol. The van der Waals surface area contributed by atoms with Crippen LogP contribution in [0.1, 0.15) is 5.56 Å². The fraction of sp³-hybridized carbons (Fsp3) is 0.222. The minimum absolute atomic E-state index is 0.0462. The number of halogens is 2. The predicted octanol–water partition coefficient (Wildman–Crippen LogP) is 2.97. The molecule has 0 atom stereocenters. The number of hydrogen-bond donors (Lipinski definition) is 1. The summed E-state index contributed by atoms with van der Waals surface area (Å²) in [6.45, 7) is 1.99. The highest BCUT2D eigenvalue weighted by molar-refractivity contribution is 14.1. The summed E-state index contributed by atoms with van der Waals surface area (Å²) in [6, 6.07) is 5.96. The third-order valence-corrected chi connectivity index (χ3v) is 2.95. The molecule has 0 spiro atoms. The lowest BCUT2D eigenvalue weighted by molar-refractivity contribution is -0.113. The van der Waals surface area contributed by atoms with E-state index in [1.54, 1.807) is 0 Å². The van der Waals surface area contributed by atoms with Crippen LogP contribution in [0.5, 0.6) is 0 Å². The van der Waals surface area contributed by atoms with E-state index in [-0.39, 0.29) is 5.91 Å². The zero-order valence-electron chi connectivity index (χ0n) is 7.10. The Morgan fingerprint density at radius 2 is 2.23 bits per heavy atom. The van der Waals surface area contributed by atoms with Crippen molar-refractivity contribution in [3.05, 3.63) is 27.3 Å². The number of nitrogens with one attached hydrogen (secondary N) is 1. The smallest absolute Gasteiger partial charge is 0.234 e. The molecule has 1 rings (SSSR count). The van der Waals surface area contributed by atoms with Crippen LogP contribution in [0.4, 0.5) is 5.69 Å². The summed E-state index contributed by atoms with van der Waals surface area (Å²) in [5.41, 5.74) is 2.01. The van der Waals surface area contributed by atoms with Crippen LogP contribution in [0.2, 0.25) is 0 Å². The lowest BCUT2D eigenvalue weighted by atomic mass is 10.2. The molecule has 0 heterocycles. The number of hydrogen-bond acceptors (Lipinski definition) is 1. The van der Waals surface area contributed by atoms with Crippen molar-refractivity contribution in [2.45, 2.75) is 6.92 Å². The molecule has 0 bridgehead atoms. The minimum atomic E-state index is 0.0462. The van der Waals surface area contributed by atoms with Gasteiger partial charge in [0.25, 0.3) is 0 Å². The topological polar surface area (TPSA) is 29.1 Å². The molecule has 0 aliphatic heterocycles. The largest absolute Gasteiger partial charge is 0.325 e. The highest BCUT2D eigenvalue weighted by atomic mass is 127. The normalized spacial score (nSPS) is 9.77. The Kier molecular flexibility index (Phi) is 4.43. The predicted molar refractivity (Wildman–Crippen MR) is 71.4 cm³/mol. The van der Waals surface area contributed by atoms with Gasteiger partial charge in [0.15, 0.2) is 0 Å². The fourth-order valence-corrected chi connectivity index (χ4v) is 1.79. The molecule has 0 unspecified atom stereocenters. The first-order valence-corrected chi connectivity index (χ1v) is 6.36. The quantitative estimate of drug-likeness (QED) is 0.600. The second kappa shape index (κ2) is 5.14. The standard InChI is InChI=1S/C9H9I2NO/c1-6-4-7(11)2-3-8(6)12-9(13)5-10/h2-4H,5H2,1H3,(H,12,13). The van der Waals surface area contributed by atoms with Crippen molar-refractivity contribution in [1.29, 1.82) is 0 Å². The molecular weight excluding hydrogens is 392 g/mol. The van der Waals surface area contributed by atoms with E-state index in [4.69, 9.17) is 0 Å². The summed E-state index contributed by atoms with van der Waals surface area (Å²) < 4.78 is 1.67. The van der Waals surface area contributed by atoms with E-state index in [2.05, 4.69) is 27.9 Å². The van der Waals surface area contributed by atoms with E-state index in [1.165, 1.54) is 3.57 Å². The summed E-state index contributed by atoms with van der Waals surface area (Å²) in [5, 5.41) is 2.84. The molecule has 0 radical (unpaired) electrons. The molecule has 1 aromatic rings. The average Bonchev–Trinajstić information content (AvgIpc) is 2.09. The highest BCUT2D eigenvalue weighted by Gasteiger charge is 2.02. The van der Waals surface area contributed by atoms with Gasteiger partial charge in [-0.15, -0.1) is 0 Å². The summed E-state index contributed by atoms with van der Waals surface area (Å²) in [6.07, 6.45) is 0. The summed E-state index contributed by atoms with van der Waals surface area (Å²) in [7, 11) is 0. The van der Waals surface area contributed by atoms with E-state index in [0.717, 1.165) is 11.3 Å². The van der Waals surface area contributed by atoms with Crippen molar-refractivity contribution in [2.24, 2.45) is 0 Å². The van der Waals surface area contributed by atoms with Gasteiger partial charge in [0, 0.05) is 9.26 Å². The van der Waals surface area contributed by atoms with Crippen molar-refractivity contribution in [3.63, 3.8) is 0 Å². The van der Waals surface area contributed by atoms with Gasteiger partial charge in [0.2, 0.25) is 5.91 Å². The number of benzene rings is 1. The van der Waals surface area contributed by atoms with Gasteiger partial charge in [0.1, 0.15) is 0 Å². The number of carbonyl (C=O) groups is 1. The van der Waals surface area contributed by atoms with Crippen LogP contribution in [-0.2, 0) is 4.79 Å². The molecule has 2 nitrogen and oxygen atoms in total. The van der Waals surface area contributed by atoms with Gasteiger partial charge in [-0.2, -0.15) is 0 Å². The molecule has 0 saturated carbocycles. The van der Waals surface area contributed by atoms with Crippen molar-refractivity contribution >= 4 is 56.8 Å². The van der Waals surface area contributed by atoms with Crippen LogP contribution in [0.25, 0.3) is 0 Å². The molecular formula is C9H9I2NO. The van der Waals surface area contributed by atoms with Crippen molar-refractivity contribution in [3.8, 4) is 0 Å². The lowest BCUT2D eigenvalue weighted by Gasteiger charge is -2.06. The van der Waals surface area contributed by atoms with Crippen molar-refractivity contribution in [2.75, 3.05) is 9.74 Å². The van der Waals surface area contributed by atoms with E-state index >= 15 is 0 Å². The molecule has 13 heavy (non-hydrogen) atoms. The Morgan fingerprint density at radius 1 is 1.54 bits per heavy atom. The Bertz CT molecular complexity index is 325. The van der Waals surface area contributed by atoms with Crippen LogP contribution < -0.4 is 5.32 Å². The van der Waals surface area contributed by atoms with Crippen LogP contribution in [0.3, 0.4) is 0 Å². The molecule has 1 N–H and O–H groups in total. The first kappa shape index (κ1) is 11.2. The van der Waals surface area contributed by atoms with Crippen LogP contribution in [-0.4, -0.2) is 10.3 Å². The second-order valence-corrected chi connectivity index (χ2v) is 4.65. The van der Waals surface area contributed by atoms with Gasteiger partial charge in [-0.1, -0.05) is 22.6 Å². The van der Waals surface area contributed by atoms with E-state index in [0.29, 0.717) is 4.43 Å². The first-order valence-electron chi connectivity index (χ1n) is 3.75. The Balaban J connectivity index is 2.83. The zero-order valence-corrected chi connectivity index (χ0v) is 11.4. The van der Waals surface area contributed by atoms with E-state index in [9.17, 15) is 4.79 Å². The number of aryl methyl sites for hydroxylation is 1. The number of amides is 1. The maximum atomic E-state index is 11.1. The molecule has 1 amide bonds. The Labute approximate surface area is 105 Å². The number of rotatable bonds is 2. The monoisotopic (exact) mass is 401 g/mol. The Hall–Kier alpha value is 0.150. The zero-order chi connectivity index (χ0) is 9.84. The molecule has 0 aliphatic rings. The van der Waals surface area contributed by atoms with Gasteiger partial charge in [-0.25, -0.2) is 0 Å². The summed E-state index contributed by atoms with van der Waals surface area (Å²) >= 11 is 4.30.